The minimum absolute atomic E-state index is 0.498. The van der Waals surface area contributed by atoms with E-state index in [0.29, 0.717) is 11.8 Å². The molecule has 0 radical (unpaired) electrons. The van der Waals surface area contributed by atoms with Gasteiger partial charge in [-0.15, -0.1) is 6.58 Å². The Morgan fingerprint density at radius 1 is 1.36 bits per heavy atom. The normalized spacial score (nSPS) is 16.5. The first-order chi connectivity index (χ1) is 5.11. The molecule has 0 fully saturated rings. The second kappa shape index (κ2) is 5.36. The van der Waals surface area contributed by atoms with E-state index in [-0.39, 0.29) is 0 Å². The van der Waals surface area contributed by atoms with Crippen molar-refractivity contribution in [3.05, 3.63) is 12.7 Å². The number of nitrogens with two attached hydrogens (primary N) is 1. The van der Waals surface area contributed by atoms with Crippen LogP contribution in [0.25, 0.3) is 0 Å². The monoisotopic (exact) mass is 155 g/mol. The highest BCUT2D eigenvalue weighted by molar-refractivity contribution is 4.83. The summed E-state index contributed by atoms with van der Waals surface area (Å²) in [7, 11) is 0. The molecule has 1 unspecified atom stereocenters. The summed E-state index contributed by atoms with van der Waals surface area (Å²) in [5, 5.41) is 0. The SMILES string of the molecule is C=CC(CN)[C@@H](C)CC(C)C. The summed E-state index contributed by atoms with van der Waals surface area (Å²) in [4.78, 5) is 0. The van der Waals surface area contributed by atoms with Gasteiger partial charge in [0, 0.05) is 0 Å². The molecule has 0 aliphatic rings. The highest BCUT2D eigenvalue weighted by Gasteiger charge is 2.12. The minimum Gasteiger partial charge on any atom is -0.330 e. The third-order valence-corrected chi connectivity index (χ3v) is 2.15. The van der Waals surface area contributed by atoms with Crippen LogP contribution >= 0.6 is 0 Å². The molecule has 0 aliphatic heterocycles. The third-order valence-electron chi connectivity index (χ3n) is 2.15. The van der Waals surface area contributed by atoms with E-state index >= 15 is 0 Å². The summed E-state index contributed by atoms with van der Waals surface area (Å²) in [5.74, 6) is 1.94. The van der Waals surface area contributed by atoms with Crippen molar-refractivity contribution in [1.82, 2.24) is 0 Å². The van der Waals surface area contributed by atoms with E-state index in [2.05, 4.69) is 27.4 Å². The largest absolute Gasteiger partial charge is 0.330 e. The van der Waals surface area contributed by atoms with E-state index in [0.717, 1.165) is 12.5 Å². The smallest absolute Gasteiger partial charge is 0.00117 e. The summed E-state index contributed by atoms with van der Waals surface area (Å²) in [5.41, 5.74) is 5.59. The Bertz CT molecular complexity index is 107. The maximum Gasteiger partial charge on any atom is -0.00117 e. The first-order valence-electron chi connectivity index (χ1n) is 4.44. The van der Waals surface area contributed by atoms with E-state index in [1.807, 2.05) is 6.08 Å². The van der Waals surface area contributed by atoms with Gasteiger partial charge in [-0.25, -0.2) is 0 Å². The van der Waals surface area contributed by atoms with Gasteiger partial charge in [-0.3, -0.25) is 0 Å². The molecule has 0 rings (SSSR count). The van der Waals surface area contributed by atoms with Crippen LogP contribution < -0.4 is 5.73 Å². The molecule has 0 bridgehead atoms. The zero-order valence-corrected chi connectivity index (χ0v) is 8.01. The predicted octanol–water partition coefficient (Wildman–Crippen LogP) is 2.43. The van der Waals surface area contributed by atoms with Gasteiger partial charge in [0.05, 0.1) is 0 Å². The van der Waals surface area contributed by atoms with E-state index in [1.54, 1.807) is 0 Å². The maximum atomic E-state index is 5.59. The van der Waals surface area contributed by atoms with Crippen LogP contribution in [0.3, 0.4) is 0 Å². The second-order valence-corrected chi connectivity index (χ2v) is 3.74. The van der Waals surface area contributed by atoms with Gasteiger partial charge in [-0.1, -0.05) is 26.8 Å². The van der Waals surface area contributed by atoms with Gasteiger partial charge in [0.2, 0.25) is 0 Å². The molecule has 66 valence electrons. The molecule has 11 heavy (non-hydrogen) atoms. The third kappa shape index (κ3) is 4.20. The van der Waals surface area contributed by atoms with Gasteiger partial charge in [0.25, 0.3) is 0 Å². The van der Waals surface area contributed by atoms with Crippen LogP contribution in [0.2, 0.25) is 0 Å². The summed E-state index contributed by atoms with van der Waals surface area (Å²) in [6.45, 7) is 11.2. The van der Waals surface area contributed by atoms with Gasteiger partial charge in [0.1, 0.15) is 0 Å². The van der Waals surface area contributed by atoms with Crippen LogP contribution in [0.1, 0.15) is 27.2 Å². The Kier molecular flexibility index (Phi) is 5.22. The Morgan fingerprint density at radius 2 is 1.91 bits per heavy atom. The van der Waals surface area contributed by atoms with Crippen LogP contribution in [0.4, 0.5) is 0 Å². The lowest BCUT2D eigenvalue weighted by Crippen LogP contribution is -2.20. The Balaban J connectivity index is 3.78. The summed E-state index contributed by atoms with van der Waals surface area (Å²) < 4.78 is 0. The molecule has 0 aromatic carbocycles. The highest BCUT2D eigenvalue weighted by atomic mass is 14.5. The molecular formula is C10H21N. The molecule has 0 saturated carbocycles. The summed E-state index contributed by atoms with van der Waals surface area (Å²) in [6.07, 6.45) is 3.22. The fourth-order valence-electron chi connectivity index (χ4n) is 1.48. The number of hydrogen-bond acceptors (Lipinski definition) is 1. The minimum atomic E-state index is 0.498. The van der Waals surface area contributed by atoms with Crippen molar-refractivity contribution in [2.24, 2.45) is 23.5 Å². The quantitative estimate of drug-likeness (QED) is 0.606. The molecule has 0 aromatic heterocycles. The molecule has 0 saturated heterocycles. The van der Waals surface area contributed by atoms with Crippen molar-refractivity contribution in [2.75, 3.05) is 6.54 Å². The van der Waals surface area contributed by atoms with E-state index in [1.165, 1.54) is 6.42 Å². The first-order valence-corrected chi connectivity index (χ1v) is 4.44. The van der Waals surface area contributed by atoms with Crippen LogP contribution in [-0.2, 0) is 0 Å². The Hall–Kier alpha value is -0.300. The van der Waals surface area contributed by atoms with Crippen LogP contribution in [-0.4, -0.2) is 6.54 Å². The first kappa shape index (κ1) is 10.7. The number of rotatable bonds is 5. The van der Waals surface area contributed by atoms with Gasteiger partial charge in [-0.2, -0.15) is 0 Å². The van der Waals surface area contributed by atoms with Crippen molar-refractivity contribution in [3.63, 3.8) is 0 Å². The summed E-state index contributed by atoms with van der Waals surface area (Å²) in [6, 6.07) is 0. The van der Waals surface area contributed by atoms with Crippen molar-refractivity contribution < 1.29 is 0 Å². The fourth-order valence-corrected chi connectivity index (χ4v) is 1.48. The van der Waals surface area contributed by atoms with E-state index in [9.17, 15) is 0 Å². The Labute approximate surface area is 70.7 Å². The number of hydrogen-bond donors (Lipinski definition) is 1. The lowest BCUT2D eigenvalue weighted by molar-refractivity contribution is 0.357. The average Bonchev–Trinajstić information content (AvgIpc) is 1.88. The maximum absolute atomic E-state index is 5.59. The van der Waals surface area contributed by atoms with E-state index < -0.39 is 0 Å². The van der Waals surface area contributed by atoms with Crippen molar-refractivity contribution >= 4 is 0 Å². The Morgan fingerprint density at radius 3 is 2.18 bits per heavy atom. The van der Waals surface area contributed by atoms with Crippen molar-refractivity contribution in [2.45, 2.75) is 27.2 Å². The van der Waals surface area contributed by atoms with Crippen LogP contribution in [0, 0.1) is 17.8 Å². The highest BCUT2D eigenvalue weighted by Crippen LogP contribution is 2.19. The average molecular weight is 155 g/mol. The molecule has 1 heteroatoms. The second-order valence-electron chi connectivity index (χ2n) is 3.74. The fraction of sp³-hybridized carbons (Fsp3) is 0.800. The molecule has 1 nitrogen and oxygen atoms in total. The molecule has 0 spiro atoms. The standard InChI is InChI=1S/C10H21N/c1-5-10(7-11)9(4)6-8(2)3/h5,8-10H,1,6-7,11H2,2-4H3/t9-,10?/m0/s1. The topological polar surface area (TPSA) is 26.0 Å². The molecular weight excluding hydrogens is 134 g/mol. The molecule has 0 amide bonds. The van der Waals surface area contributed by atoms with Gasteiger partial charge in [0.15, 0.2) is 0 Å². The van der Waals surface area contributed by atoms with Gasteiger partial charge < -0.3 is 5.73 Å². The van der Waals surface area contributed by atoms with Gasteiger partial charge in [-0.05, 0) is 30.7 Å². The van der Waals surface area contributed by atoms with Crippen molar-refractivity contribution in [1.29, 1.82) is 0 Å². The molecule has 0 heterocycles. The molecule has 0 aromatic rings. The lowest BCUT2D eigenvalue weighted by atomic mass is 9.87. The zero-order chi connectivity index (χ0) is 8.85. The predicted molar refractivity (Wildman–Crippen MR) is 51.4 cm³/mol. The summed E-state index contributed by atoms with van der Waals surface area (Å²) >= 11 is 0. The van der Waals surface area contributed by atoms with E-state index in [4.69, 9.17) is 5.73 Å². The van der Waals surface area contributed by atoms with Crippen LogP contribution in [0.5, 0.6) is 0 Å². The van der Waals surface area contributed by atoms with Crippen LogP contribution in [0.15, 0.2) is 12.7 Å². The lowest BCUT2D eigenvalue weighted by Gasteiger charge is -2.20. The van der Waals surface area contributed by atoms with Crippen molar-refractivity contribution in [3.8, 4) is 0 Å². The molecule has 2 N–H and O–H groups in total. The van der Waals surface area contributed by atoms with Gasteiger partial charge >= 0.3 is 0 Å². The zero-order valence-electron chi connectivity index (χ0n) is 8.01. The molecule has 2 atom stereocenters. The molecule has 0 aliphatic carbocycles.